The number of nitriles is 1. The molecule has 0 aliphatic rings. The molecule has 0 saturated carbocycles. The topological polar surface area (TPSA) is 40.8 Å². The molecule has 3 nitrogen and oxygen atoms in total. The fourth-order valence-electron chi connectivity index (χ4n) is 4.66. The second-order valence-corrected chi connectivity index (χ2v) is 14.8. The maximum absolute atomic E-state index is 9.97. The average molecular weight is 448 g/mol. The number of rotatable bonds is 3. The number of aromatic nitrogens is 1. The lowest BCUT2D eigenvalue weighted by Crippen LogP contribution is -2.37. The van der Waals surface area contributed by atoms with Crippen molar-refractivity contribution in [3.05, 3.63) is 84.1 Å². The van der Waals surface area contributed by atoms with Crippen molar-refractivity contribution in [3.63, 3.8) is 0 Å². The third kappa shape index (κ3) is 3.46. The molecule has 0 radical (unpaired) electrons. The molecular weight excluding hydrogens is 420 g/mol. The third-order valence-electron chi connectivity index (χ3n) is 6.49. The Morgan fingerprint density at radius 1 is 0.879 bits per heavy atom. The van der Waals surface area contributed by atoms with E-state index in [0.29, 0.717) is 5.56 Å². The molecule has 0 aliphatic carbocycles. The summed E-state index contributed by atoms with van der Waals surface area (Å²) in [6, 6.07) is 25.5. The molecule has 0 aliphatic heterocycles. The summed E-state index contributed by atoms with van der Waals surface area (Å²) in [6.45, 7) is 9.16. The highest BCUT2D eigenvalue weighted by atomic mass is 28.3. The first kappa shape index (κ1) is 21.2. The number of pyridine rings is 1. The quantitative estimate of drug-likeness (QED) is 0.235. The lowest BCUT2D eigenvalue weighted by Gasteiger charge is -2.17. The average Bonchev–Trinajstić information content (AvgIpc) is 3.17. The molecule has 0 unspecified atom stereocenters. The van der Waals surface area contributed by atoms with E-state index in [1.165, 1.54) is 5.19 Å². The van der Waals surface area contributed by atoms with Crippen LogP contribution < -0.4 is 9.75 Å². The van der Waals surface area contributed by atoms with E-state index in [2.05, 4.69) is 99.0 Å². The van der Waals surface area contributed by atoms with E-state index in [4.69, 9.17) is 4.42 Å². The lowest BCUT2D eigenvalue weighted by atomic mass is 9.93. The molecule has 2 aromatic heterocycles. The van der Waals surface area contributed by atoms with Crippen LogP contribution in [0.2, 0.25) is 19.6 Å². The monoisotopic (exact) mass is 447 g/mol. The fourth-order valence-corrected chi connectivity index (χ4v) is 5.83. The SMILES string of the molecule is Cc1ccc2c(oc3ccc(C#N)c(-c4ccc([Si](C)(C)C)cc4)c32)c1-c1cccc[n+]1C. The van der Waals surface area contributed by atoms with Gasteiger partial charge in [-0.3, -0.25) is 0 Å². The van der Waals surface area contributed by atoms with Crippen molar-refractivity contribution in [1.82, 2.24) is 0 Å². The largest absolute Gasteiger partial charge is 0.455 e. The summed E-state index contributed by atoms with van der Waals surface area (Å²) in [7, 11) is 0.645. The molecule has 0 N–H and O–H groups in total. The van der Waals surface area contributed by atoms with Gasteiger partial charge in [0.15, 0.2) is 6.20 Å². The number of furan rings is 1. The molecule has 0 spiro atoms. The third-order valence-corrected chi connectivity index (χ3v) is 8.55. The molecule has 0 atom stereocenters. The molecule has 0 fully saturated rings. The normalized spacial score (nSPS) is 11.8. The molecule has 33 heavy (non-hydrogen) atoms. The maximum Gasteiger partial charge on any atom is 0.216 e. The van der Waals surface area contributed by atoms with Crippen molar-refractivity contribution in [2.75, 3.05) is 0 Å². The predicted octanol–water partition coefficient (Wildman–Crippen LogP) is 6.47. The van der Waals surface area contributed by atoms with Crippen LogP contribution >= 0.6 is 0 Å². The summed E-state index contributed by atoms with van der Waals surface area (Å²) in [6.07, 6.45) is 2.05. The molecule has 0 bridgehead atoms. The second kappa shape index (κ2) is 7.72. The minimum absolute atomic E-state index is 0.665. The number of hydrogen-bond donors (Lipinski definition) is 0. The highest BCUT2D eigenvalue weighted by molar-refractivity contribution is 6.88. The van der Waals surface area contributed by atoms with Gasteiger partial charge in [0, 0.05) is 28.5 Å². The summed E-state index contributed by atoms with van der Waals surface area (Å²) < 4.78 is 8.61. The van der Waals surface area contributed by atoms with Gasteiger partial charge in [0.2, 0.25) is 5.69 Å². The first-order valence-corrected chi connectivity index (χ1v) is 14.7. The fraction of sp³-hybridized carbons (Fsp3) is 0.172. The van der Waals surface area contributed by atoms with Crippen LogP contribution in [-0.4, -0.2) is 8.07 Å². The second-order valence-electron chi connectivity index (χ2n) is 9.73. The minimum atomic E-state index is -1.41. The van der Waals surface area contributed by atoms with E-state index in [9.17, 15) is 5.26 Å². The minimum Gasteiger partial charge on any atom is -0.455 e. The van der Waals surface area contributed by atoms with Crippen molar-refractivity contribution >= 4 is 35.2 Å². The standard InChI is InChI=1S/C29H27N2OSi/c1-19-9-15-23-28-25(32-29(23)26(19)24-8-6-7-17-31(24)2)16-12-21(18-30)27(28)20-10-13-22(14-11-20)33(3,4)5/h6-17H,1-5H3/q+1. The van der Waals surface area contributed by atoms with Crippen LogP contribution in [0, 0.1) is 18.3 Å². The van der Waals surface area contributed by atoms with Gasteiger partial charge in [-0.15, -0.1) is 0 Å². The number of benzene rings is 3. The summed E-state index contributed by atoms with van der Waals surface area (Å²) in [5.74, 6) is 0. The molecule has 5 rings (SSSR count). The Kier molecular flexibility index (Phi) is 4.95. The van der Waals surface area contributed by atoms with E-state index in [1.54, 1.807) is 0 Å². The Morgan fingerprint density at radius 2 is 1.64 bits per heavy atom. The predicted molar refractivity (Wildman–Crippen MR) is 138 cm³/mol. The van der Waals surface area contributed by atoms with E-state index in [-0.39, 0.29) is 0 Å². The summed E-state index contributed by atoms with van der Waals surface area (Å²) in [5, 5.41) is 13.4. The van der Waals surface area contributed by atoms with Gasteiger partial charge in [0.1, 0.15) is 18.2 Å². The molecule has 162 valence electrons. The number of fused-ring (bicyclic) bond motifs is 3. The van der Waals surface area contributed by atoms with Gasteiger partial charge >= 0.3 is 0 Å². The van der Waals surface area contributed by atoms with Gasteiger partial charge in [0.05, 0.1) is 25.3 Å². The van der Waals surface area contributed by atoms with Crippen LogP contribution in [0.5, 0.6) is 0 Å². The van der Waals surface area contributed by atoms with Crippen LogP contribution in [0.4, 0.5) is 0 Å². The zero-order chi connectivity index (χ0) is 23.3. The van der Waals surface area contributed by atoms with Crippen LogP contribution in [0.15, 0.2) is 77.3 Å². The smallest absolute Gasteiger partial charge is 0.216 e. The highest BCUT2D eigenvalue weighted by Gasteiger charge is 2.23. The van der Waals surface area contributed by atoms with E-state index in [1.807, 2.05) is 18.2 Å². The van der Waals surface area contributed by atoms with Gasteiger partial charge in [-0.2, -0.15) is 5.26 Å². The van der Waals surface area contributed by atoms with Crippen molar-refractivity contribution in [1.29, 1.82) is 5.26 Å². The van der Waals surface area contributed by atoms with Gasteiger partial charge in [0.25, 0.3) is 0 Å². The first-order chi connectivity index (χ1) is 15.8. The molecule has 4 heteroatoms. The van der Waals surface area contributed by atoms with E-state index < -0.39 is 8.07 Å². The number of hydrogen-bond acceptors (Lipinski definition) is 2. The van der Waals surface area contributed by atoms with Crippen molar-refractivity contribution in [3.8, 4) is 28.5 Å². The van der Waals surface area contributed by atoms with E-state index in [0.717, 1.165) is 49.9 Å². The lowest BCUT2D eigenvalue weighted by molar-refractivity contribution is -0.660. The van der Waals surface area contributed by atoms with Crippen molar-refractivity contribution in [2.45, 2.75) is 26.6 Å². The van der Waals surface area contributed by atoms with Gasteiger partial charge in [-0.1, -0.05) is 61.2 Å². The van der Waals surface area contributed by atoms with Crippen molar-refractivity contribution in [2.24, 2.45) is 7.05 Å². The summed E-state index contributed by atoms with van der Waals surface area (Å²) >= 11 is 0. The Labute approximate surface area is 195 Å². The molecular formula is C29H27N2OSi+. The molecule has 3 aromatic carbocycles. The zero-order valence-corrected chi connectivity index (χ0v) is 20.7. The maximum atomic E-state index is 9.97. The Bertz CT molecular complexity index is 1560. The van der Waals surface area contributed by atoms with Crippen molar-refractivity contribution < 1.29 is 8.98 Å². The number of aryl methyl sites for hydroxylation is 2. The zero-order valence-electron chi connectivity index (χ0n) is 19.7. The van der Waals surface area contributed by atoms with Crippen LogP contribution in [0.1, 0.15) is 11.1 Å². The highest BCUT2D eigenvalue weighted by Crippen LogP contribution is 2.42. The van der Waals surface area contributed by atoms with Gasteiger partial charge in [-0.25, -0.2) is 4.57 Å². The van der Waals surface area contributed by atoms with Crippen LogP contribution in [-0.2, 0) is 7.05 Å². The molecule has 5 aromatic rings. The summed E-state index contributed by atoms with van der Waals surface area (Å²) in [5.41, 5.74) is 7.67. The molecule has 0 saturated heterocycles. The number of nitrogens with zero attached hydrogens (tertiary/aromatic N) is 2. The first-order valence-electron chi connectivity index (χ1n) is 11.2. The molecule has 0 amide bonds. The van der Waals surface area contributed by atoms with Gasteiger partial charge in [-0.05, 0) is 36.2 Å². The Morgan fingerprint density at radius 3 is 2.30 bits per heavy atom. The van der Waals surface area contributed by atoms with Crippen LogP contribution in [0.25, 0.3) is 44.3 Å². The van der Waals surface area contributed by atoms with Crippen LogP contribution in [0.3, 0.4) is 0 Å². The summed E-state index contributed by atoms with van der Waals surface area (Å²) in [4.78, 5) is 0. The Balaban J connectivity index is 1.85. The van der Waals surface area contributed by atoms with E-state index >= 15 is 0 Å². The molecule has 2 heterocycles. The Hall–Kier alpha value is -3.68. The van der Waals surface area contributed by atoms with Gasteiger partial charge < -0.3 is 4.42 Å².